The molecule has 2 heterocycles. The van der Waals surface area contributed by atoms with E-state index in [1.165, 1.54) is 36.4 Å². The summed E-state index contributed by atoms with van der Waals surface area (Å²) in [6.45, 7) is 1.88. The molecular formula is C24H18FN3O5. The lowest BCUT2D eigenvalue weighted by molar-refractivity contribution is -0.384. The van der Waals surface area contributed by atoms with Gasteiger partial charge in [0.15, 0.2) is 6.10 Å². The van der Waals surface area contributed by atoms with Gasteiger partial charge in [-0.3, -0.25) is 24.5 Å². The molecule has 0 aromatic heterocycles. The van der Waals surface area contributed by atoms with Crippen LogP contribution >= 0.6 is 0 Å². The van der Waals surface area contributed by atoms with Gasteiger partial charge in [-0.15, -0.1) is 0 Å². The minimum atomic E-state index is -1.12. The molecule has 33 heavy (non-hydrogen) atoms. The third kappa shape index (κ3) is 3.33. The van der Waals surface area contributed by atoms with E-state index < -0.39 is 40.6 Å². The lowest BCUT2D eigenvalue weighted by atomic mass is 9.90. The lowest BCUT2D eigenvalue weighted by Crippen LogP contribution is -2.37. The molecule has 3 aromatic carbocycles. The lowest BCUT2D eigenvalue weighted by Gasteiger charge is -2.29. The first-order valence-corrected chi connectivity index (χ1v) is 10.3. The van der Waals surface area contributed by atoms with Crippen LogP contribution in [-0.2, 0) is 14.4 Å². The van der Waals surface area contributed by atoms with Gasteiger partial charge >= 0.3 is 0 Å². The van der Waals surface area contributed by atoms with Crippen molar-refractivity contribution in [2.75, 3.05) is 9.96 Å². The van der Waals surface area contributed by atoms with Gasteiger partial charge in [0.2, 0.25) is 5.91 Å². The number of nitro groups is 1. The molecule has 2 aliphatic rings. The van der Waals surface area contributed by atoms with Gasteiger partial charge in [-0.2, -0.15) is 0 Å². The van der Waals surface area contributed by atoms with Crippen molar-refractivity contribution in [3.05, 3.63) is 99.9 Å². The summed E-state index contributed by atoms with van der Waals surface area (Å²) in [4.78, 5) is 44.4. The van der Waals surface area contributed by atoms with Crippen molar-refractivity contribution in [2.45, 2.75) is 19.1 Å². The van der Waals surface area contributed by atoms with E-state index in [1.54, 1.807) is 17.2 Å². The number of rotatable bonds is 4. The number of non-ortho nitro benzene ring substituents is 1. The van der Waals surface area contributed by atoms with E-state index in [4.69, 9.17) is 4.84 Å². The highest BCUT2D eigenvalue weighted by atomic mass is 19.1. The summed E-state index contributed by atoms with van der Waals surface area (Å²) in [6, 6.07) is 17.7. The Kier molecular flexibility index (Phi) is 4.90. The van der Waals surface area contributed by atoms with Crippen molar-refractivity contribution in [1.82, 2.24) is 0 Å². The summed E-state index contributed by atoms with van der Waals surface area (Å²) in [6.07, 6.45) is -1.12. The van der Waals surface area contributed by atoms with Gasteiger partial charge < -0.3 is 0 Å². The van der Waals surface area contributed by atoms with Crippen molar-refractivity contribution < 1.29 is 23.7 Å². The van der Waals surface area contributed by atoms with E-state index >= 15 is 0 Å². The number of amides is 2. The van der Waals surface area contributed by atoms with Gasteiger partial charge in [0.1, 0.15) is 11.7 Å². The van der Waals surface area contributed by atoms with Gasteiger partial charge in [0.25, 0.3) is 11.6 Å². The maximum absolute atomic E-state index is 13.6. The Labute approximate surface area is 187 Å². The molecule has 2 saturated heterocycles. The van der Waals surface area contributed by atoms with E-state index in [2.05, 4.69) is 0 Å². The standard InChI is InChI=1S/C24H18FN3O5/c1-14-5-2-3-8-19(14)27-21(15-9-11-16(25)12-10-15)20-22(33-27)24(30)26(23(20)29)17-6-4-7-18(13-17)28(31)32/h2-13,20-22H,1H3/t20-,21+,22+/m1/s1. The first kappa shape index (κ1) is 20.8. The molecule has 0 saturated carbocycles. The number of nitro benzene ring substituents is 1. The second kappa shape index (κ2) is 7.79. The summed E-state index contributed by atoms with van der Waals surface area (Å²) in [5, 5.41) is 12.7. The van der Waals surface area contributed by atoms with Crippen LogP contribution in [0.1, 0.15) is 17.2 Å². The number of para-hydroxylation sites is 1. The highest BCUT2D eigenvalue weighted by molar-refractivity contribution is 6.24. The van der Waals surface area contributed by atoms with Crippen molar-refractivity contribution in [3.8, 4) is 0 Å². The number of hydrogen-bond acceptors (Lipinski definition) is 6. The Morgan fingerprint density at radius 2 is 1.70 bits per heavy atom. The zero-order chi connectivity index (χ0) is 23.3. The van der Waals surface area contributed by atoms with Crippen LogP contribution in [0.4, 0.5) is 21.5 Å². The van der Waals surface area contributed by atoms with Gasteiger partial charge in [0, 0.05) is 12.1 Å². The average Bonchev–Trinajstić information content (AvgIpc) is 3.30. The zero-order valence-corrected chi connectivity index (χ0v) is 17.4. The van der Waals surface area contributed by atoms with E-state index in [0.29, 0.717) is 11.3 Å². The van der Waals surface area contributed by atoms with E-state index in [9.17, 15) is 24.1 Å². The normalized spacial score (nSPS) is 22.1. The second-order valence-corrected chi connectivity index (χ2v) is 7.95. The van der Waals surface area contributed by atoms with Crippen LogP contribution in [0.25, 0.3) is 0 Å². The van der Waals surface area contributed by atoms with Crippen LogP contribution in [-0.4, -0.2) is 22.8 Å². The Morgan fingerprint density at radius 3 is 2.39 bits per heavy atom. The molecule has 0 radical (unpaired) electrons. The highest BCUT2D eigenvalue weighted by Crippen LogP contribution is 2.48. The Hall–Kier alpha value is -4.11. The first-order valence-electron chi connectivity index (χ1n) is 10.3. The zero-order valence-electron chi connectivity index (χ0n) is 17.4. The molecule has 5 rings (SSSR count). The summed E-state index contributed by atoms with van der Waals surface area (Å²) < 4.78 is 13.6. The third-order valence-corrected chi connectivity index (χ3v) is 5.98. The summed E-state index contributed by atoms with van der Waals surface area (Å²) >= 11 is 0. The van der Waals surface area contributed by atoms with Crippen molar-refractivity contribution in [1.29, 1.82) is 0 Å². The van der Waals surface area contributed by atoms with Gasteiger partial charge in [0.05, 0.1) is 22.3 Å². The SMILES string of the molecule is Cc1ccccc1N1O[C@@H]2C(=O)N(c3cccc([N+](=O)[O-])c3)C(=O)[C@@H]2[C@@H]1c1ccc(F)cc1. The van der Waals surface area contributed by atoms with Crippen molar-refractivity contribution in [3.63, 3.8) is 0 Å². The fourth-order valence-electron chi connectivity index (χ4n) is 4.43. The maximum atomic E-state index is 13.6. The smallest absolute Gasteiger partial charge is 0.271 e. The molecule has 8 nitrogen and oxygen atoms in total. The molecule has 0 unspecified atom stereocenters. The van der Waals surface area contributed by atoms with Crippen LogP contribution in [0.5, 0.6) is 0 Å². The molecule has 3 atom stereocenters. The molecule has 0 bridgehead atoms. The molecule has 3 aromatic rings. The van der Waals surface area contributed by atoms with E-state index in [1.807, 2.05) is 31.2 Å². The number of hydrogen-bond donors (Lipinski definition) is 0. The van der Waals surface area contributed by atoms with Crippen LogP contribution < -0.4 is 9.96 Å². The van der Waals surface area contributed by atoms with Crippen molar-refractivity contribution >= 4 is 28.9 Å². The number of anilines is 2. The van der Waals surface area contributed by atoms with E-state index in [0.717, 1.165) is 10.5 Å². The van der Waals surface area contributed by atoms with Gasteiger partial charge in [-0.05, 0) is 42.3 Å². The van der Waals surface area contributed by atoms with Crippen LogP contribution in [0.2, 0.25) is 0 Å². The number of fused-ring (bicyclic) bond motifs is 1. The molecule has 0 spiro atoms. The molecular weight excluding hydrogens is 429 g/mol. The predicted octanol–water partition coefficient (Wildman–Crippen LogP) is 4.09. The number of benzene rings is 3. The third-order valence-electron chi connectivity index (χ3n) is 5.98. The van der Waals surface area contributed by atoms with Gasteiger partial charge in [-0.25, -0.2) is 14.4 Å². The minimum Gasteiger partial charge on any atom is -0.273 e. The quantitative estimate of drug-likeness (QED) is 0.340. The molecule has 0 N–H and O–H groups in total. The number of aryl methyl sites for hydroxylation is 1. The number of hydroxylamine groups is 1. The van der Waals surface area contributed by atoms with Crippen molar-refractivity contribution in [2.24, 2.45) is 5.92 Å². The molecule has 2 amide bonds. The number of carbonyl (C=O) groups is 2. The van der Waals surface area contributed by atoms with Crippen LogP contribution in [0, 0.1) is 28.8 Å². The molecule has 2 fully saturated rings. The Morgan fingerprint density at radius 1 is 0.970 bits per heavy atom. The number of halogens is 1. The predicted molar refractivity (Wildman–Crippen MR) is 117 cm³/mol. The molecule has 0 aliphatic carbocycles. The number of nitrogens with zero attached hydrogens (tertiary/aromatic N) is 3. The van der Waals surface area contributed by atoms with Crippen LogP contribution in [0.3, 0.4) is 0 Å². The fourth-order valence-corrected chi connectivity index (χ4v) is 4.43. The largest absolute Gasteiger partial charge is 0.273 e. The van der Waals surface area contributed by atoms with Crippen LogP contribution in [0.15, 0.2) is 72.8 Å². The molecule has 2 aliphatic heterocycles. The number of imide groups is 1. The minimum absolute atomic E-state index is 0.109. The monoisotopic (exact) mass is 447 g/mol. The summed E-state index contributed by atoms with van der Waals surface area (Å²) in [5.74, 6) is -2.48. The topological polar surface area (TPSA) is 93.0 Å². The Balaban J connectivity index is 1.59. The summed E-state index contributed by atoms with van der Waals surface area (Å²) in [7, 11) is 0. The number of carbonyl (C=O) groups excluding carboxylic acids is 2. The van der Waals surface area contributed by atoms with Gasteiger partial charge in [-0.1, -0.05) is 36.4 Å². The fraction of sp³-hybridized carbons (Fsp3) is 0.167. The average molecular weight is 447 g/mol. The first-order chi connectivity index (χ1) is 15.9. The maximum Gasteiger partial charge on any atom is 0.271 e. The molecule has 166 valence electrons. The Bertz CT molecular complexity index is 1280. The van der Waals surface area contributed by atoms with E-state index in [-0.39, 0.29) is 11.4 Å². The second-order valence-electron chi connectivity index (χ2n) is 7.95. The summed E-state index contributed by atoms with van der Waals surface area (Å²) in [5.41, 5.74) is 2.04. The highest BCUT2D eigenvalue weighted by Gasteiger charge is 2.60. The molecule has 9 heteroatoms.